The van der Waals surface area contributed by atoms with Crippen LogP contribution in [-0.4, -0.2) is 33.0 Å². The average molecular weight is 582 g/mol. The molecule has 178 valence electrons. The average Bonchev–Trinajstić information content (AvgIpc) is 2.72. The molecule has 0 aromatic heterocycles. The Hall–Kier alpha value is -1.91. The van der Waals surface area contributed by atoms with E-state index in [9.17, 15) is 13.2 Å². The van der Waals surface area contributed by atoms with E-state index in [1.807, 2.05) is 18.2 Å². The van der Waals surface area contributed by atoms with Crippen LogP contribution in [0.5, 0.6) is 0 Å². The lowest BCUT2D eigenvalue weighted by Gasteiger charge is -2.35. The van der Waals surface area contributed by atoms with Gasteiger partial charge < -0.3 is 10.2 Å². The molecule has 3 rings (SSSR count). The summed E-state index contributed by atoms with van der Waals surface area (Å²) in [6.45, 7) is 13.3. The second kappa shape index (κ2) is 10.1. The predicted octanol–water partition coefficient (Wildman–Crippen LogP) is 5.41. The van der Waals surface area contributed by atoms with E-state index in [1.165, 1.54) is 17.7 Å². The second-order valence-corrected chi connectivity index (χ2v) is 12.5. The van der Waals surface area contributed by atoms with Gasteiger partial charge in [-0.3, -0.25) is 4.79 Å². The number of benzene rings is 2. The van der Waals surface area contributed by atoms with E-state index in [2.05, 4.69) is 51.0 Å². The zero-order valence-corrected chi connectivity index (χ0v) is 22.6. The number of amides is 1. The summed E-state index contributed by atoms with van der Waals surface area (Å²) in [6, 6.07) is 12.1. The number of halogens is 1. The first kappa shape index (κ1) is 25.7. The third kappa shape index (κ3) is 6.80. The first-order chi connectivity index (χ1) is 15.4. The Labute approximate surface area is 211 Å². The van der Waals surface area contributed by atoms with Gasteiger partial charge in [0.25, 0.3) is 5.91 Å². The zero-order valence-electron chi connectivity index (χ0n) is 19.6. The summed E-state index contributed by atoms with van der Waals surface area (Å²) in [4.78, 5) is 15.6. The zero-order chi connectivity index (χ0) is 24.4. The van der Waals surface area contributed by atoms with Gasteiger partial charge in [-0.2, -0.15) is 0 Å². The molecule has 1 fully saturated rings. The topological polar surface area (TPSA) is 78.5 Å². The third-order valence-electron chi connectivity index (χ3n) is 5.58. The molecule has 2 aromatic carbocycles. The lowest BCUT2D eigenvalue weighted by atomic mass is 9.90. The van der Waals surface area contributed by atoms with E-state index in [-0.39, 0.29) is 10.8 Å². The van der Waals surface area contributed by atoms with Crippen molar-refractivity contribution >= 4 is 49.9 Å². The molecule has 0 radical (unpaired) electrons. The molecule has 8 heteroatoms. The molecule has 1 aliphatic rings. The molecule has 0 saturated carbocycles. The fourth-order valence-electron chi connectivity index (χ4n) is 3.97. The summed E-state index contributed by atoms with van der Waals surface area (Å²) in [7, 11) is -3.70. The molecular formula is C25H32IN3O3S. The van der Waals surface area contributed by atoms with Crippen LogP contribution in [0.4, 0.5) is 11.4 Å². The van der Waals surface area contributed by atoms with E-state index in [1.54, 1.807) is 32.9 Å². The number of hydrogen-bond donors (Lipinski definition) is 2. The number of nitrogens with one attached hydrogen (secondary N) is 2. The largest absolute Gasteiger partial charge is 0.371 e. The molecule has 33 heavy (non-hydrogen) atoms. The Morgan fingerprint density at radius 1 is 1.12 bits per heavy atom. The minimum Gasteiger partial charge on any atom is -0.371 e. The van der Waals surface area contributed by atoms with Gasteiger partial charge in [-0.15, -0.1) is 0 Å². The van der Waals surface area contributed by atoms with E-state index in [0.29, 0.717) is 17.2 Å². The van der Waals surface area contributed by atoms with Crippen molar-refractivity contribution in [2.45, 2.75) is 51.0 Å². The number of rotatable bonds is 6. The Kier molecular flexibility index (Phi) is 7.91. The molecule has 1 heterocycles. The van der Waals surface area contributed by atoms with Gasteiger partial charge in [-0.25, -0.2) is 13.1 Å². The standard InChI is InChI=1S/C25H32IN3O3S/c1-17(2)18-11-13-29(14-12-18)23-15-19(26)9-10-22(23)24(30)27-20-7-6-8-21(16-20)33(31,32)28-25(3,4)5/h6-10,15-16,18,28H,1,11-14H2,2-5H3,(H,27,30). The number of piperidine rings is 1. The first-order valence-corrected chi connectivity index (χ1v) is 13.6. The maximum absolute atomic E-state index is 13.2. The molecule has 1 aliphatic heterocycles. The summed E-state index contributed by atoms with van der Waals surface area (Å²) in [5.41, 5.74) is 2.52. The van der Waals surface area contributed by atoms with E-state index in [4.69, 9.17) is 0 Å². The molecule has 2 aromatic rings. The predicted molar refractivity (Wildman–Crippen MR) is 143 cm³/mol. The summed E-state index contributed by atoms with van der Waals surface area (Å²) in [5, 5.41) is 2.89. The maximum atomic E-state index is 13.2. The van der Waals surface area contributed by atoms with Crippen molar-refractivity contribution in [3.63, 3.8) is 0 Å². The minimum absolute atomic E-state index is 0.111. The van der Waals surface area contributed by atoms with Crippen molar-refractivity contribution in [3.8, 4) is 0 Å². The molecule has 0 unspecified atom stereocenters. The number of anilines is 2. The lowest BCUT2D eigenvalue weighted by Crippen LogP contribution is -2.40. The van der Waals surface area contributed by atoms with Crippen molar-refractivity contribution in [3.05, 3.63) is 63.8 Å². The van der Waals surface area contributed by atoms with Gasteiger partial charge in [0.1, 0.15) is 0 Å². The minimum atomic E-state index is -3.70. The van der Waals surface area contributed by atoms with Crippen LogP contribution < -0.4 is 14.9 Å². The fraction of sp³-hybridized carbons (Fsp3) is 0.400. The van der Waals surface area contributed by atoms with Crippen molar-refractivity contribution in [2.24, 2.45) is 5.92 Å². The summed E-state index contributed by atoms with van der Waals surface area (Å²) >= 11 is 2.26. The molecular weight excluding hydrogens is 549 g/mol. The van der Waals surface area contributed by atoms with Crippen molar-refractivity contribution in [1.82, 2.24) is 4.72 Å². The molecule has 0 spiro atoms. The molecule has 1 amide bonds. The number of allylic oxidation sites excluding steroid dienone is 1. The maximum Gasteiger partial charge on any atom is 0.257 e. The summed E-state index contributed by atoms with van der Waals surface area (Å²) in [5.74, 6) is 0.259. The van der Waals surface area contributed by atoms with Gasteiger partial charge in [0.15, 0.2) is 0 Å². The Morgan fingerprint density at radius 2 is 1.79 bits per heavy atom. The van der Waals surface area contributed by atoms with Crippen LogP contribution in [0.15, 0.2) is 59.5 Å². The quantitative estimate of drug-likeness (QED) is 0.353. The molecule has 0 atom stereocenters. The summed E-state index contributed by atoms with van der Waals surface area (Å²) in [6.07, 6.45) is 2.03. The Balaban J connectivity index is 1.82. The van der Waals surface area contributed by atoms with Crippen LogP contribution in [0.2, 0.25) is 0 Å². The van der Waals surface area contributed by atoms with Crippen LogP contribution in [0.3, 0.4) is 0 Å². The highest BCUT2D eigenvalue weighted by Gasteiger charge is 2.25. The van der Waals surface area contributed by atoms with Gasteiger partial charge in [0.05, 0.1) is 16.1 Å². The normalized spacial score (nSPS) is 15.4. The van der Waals surface area contributed by atoms with Gasteiger partial charge in [0, 0.05) is 27.9 Å². The number of sulfonamides is 1. The molecule has 6 nitrogen and oxygen atoms in total. The summed E-state index contributed by atoms with van der Waals surface area (Å²) < 4.78 is 29.1. The van der Waals surface area contributed by atoms with Crippen molar-refractivity contribution in [1.29, 1.82) is 0 Å². The van der Waals surface area contributed by atoms with Crippen LogP contribution in [-0.2, 0) is 10.0 Å². The Morgan fingerprint density at radius 3 is 2.39 bits per heavy atom. The van der Waals surface area contributed by atoms with E-state index >= 15 is 0 Å². The van der Waals surface area contributed by atoms with Gasteiger partial charge in [-0.05, 0) is 105 Å². The third-order valence-corrected chi connectivity index (χ3v) is 8.01. The number of carbonyl (C=O) groups is 1. The van der Waals surface area contributed by atoms with Gasteiger partial charge in [-0.1, -0.05) is 18.2 Å². The van der Waals surface area contributed by atoms with Crippen molar-refractivity contribution in [2.75, 3.05) is 23.3 Å². The second-order valence-electron chi connectivity index (χ2n) is 9.61. The monoisotopic (exact) mass is 581 g/mol. The molecule has 0 aliphatic carbocycles. The van der Waals surface area contributed by atoms with Crippen LogP contribution >= 0.6 is 22.6 Å². The highest BCUT2D eigenvalue weighted by atomic mass is 127. The molecule has 1 saturated heterocycles. The SMILES string of the molecule is C=C(C)C1CCN(c2cc(I)ccc2C(=O)Nc2cccc(S(=O)(=O)NC(C)(C)C)c2)CC1. The van der Waals surface area contributed by atoms with E-state index < -0.39 is 15.6 Å². The highest BCUT2D eigenvalue weighted by molar-refractivity contribution is 14.1. The lowest BCUT2D eigenvalue weighted by molar-refractivity contribution is 0.102. The van der Waals surface area contributed by atoms with Gasteiger partial charge >= 0.3 is 0 Å². The number of nitrogens with zero attached hydrogens (tertiary/aromatic N) is 1. The first-order valence-electron chi connectivity index (χ1n) is 11.0. The number of hydrogen-bond acceptors (Lipinski definition) is 4. The molecule has 2 N–H and O–H groups in total. The van der Waals surface area contributed by atoms with Crippen LogP contribution in [0.1, 0.15) is 50.9 Å². The van der Waals surface area contributed by atoms with E-state index in [0.717, 1.165) is 35.2 Å². The van der Waals surface area contributed by atoms with Crippen LogP contribution in [0.25, 0.3) is 0 Å². The highest BCUT2D eigenvalue weighted by Crippen LogP contribution is 2.31. The smallest absolute Gasteiger partial charge is 0.257 e. The van der Waals surface area contributed by atoms with Gasteiger partial charge in [0.2, 0.25) is 10.0 Å². The fourth-order valence-corrected chi connectivity index (χ4v) is 5.91. The Bertz CT molecular complexity index is 1150. The number of carbonyl (C=O) groups excluding carboxylic acids is 1. The van der Waals surface area contributed by atoms with Crippen molar-refractivity contribution < 1.29 is 13.2 Å². The van der Waals surface area contributed by atoms with Crippen LogP contribution in [0, 0.1) is 9.49 Å². The molecule has 0 bridgehead atoms.